The third kappa shape index (κ3) is 4.09. The Morgan fingerprint density at radius 1 is 1.26 bits per heavy atom. The number of aryl methyl sites for hydroxylation is 2. The highest BCUT2D eigenvalue weighted by Gasteiger charge is 2.30. The molecule has 1 saturated heterocycles. The van der Waals surface area contributed by atoms with Gasteiger partial charge in [0.2, 0.25) is 5.91 Å². The summed E-state index contributed by atoms with van der Waals surface area (Å²) in [4.78, 5) is 18.6. The number of anilines is 1. The minimum atomic E-state index is -0.103. The summed E-state index contributed by atoms with van der Waals surface area (Å²) in [7, 11) is 0. The van der Waals surface area contributed by atoms with E-state index in [0.29, 0.717) is 0 Å². The van der Waals surface area contributed by atoms with Crippen molar-refractivity contribution < 1.29 is 4.79 Å². The third-order valence-electron chi connectivity index (χ3n) is 4.27. The van der Waals surface area contributed by atoms with Gasteiger partial charge in [-0.2, -0.15) is 0 Å². The number of carbonyl (C=O) groups is 1. The summed E-state index contributed by atoms with van der Waals surface area (Å²) in [5.41, 5.74) is 3.27. The number of likely N-dealkylation sites (tertiary alicyclic amines) is 1. The summed E-state index contributed by atoms with van der Waals surface area (Å²) in [6.07, 6.45) is 4.67. The van der Waals surface area contributed by atoms with E-state index in [2.05, 4.69) is 34.6 Å². The molecule has 2 heterocycles. The van der Waals surface area contributed by atoms with E-state index < -0.39 is 0 Å². The smallest absolute Gasteiger partial charge is 0.245 e. The summed E-state index contributed by atoms with van der Waals surface area (Å²) in [5, 5.41) is 3.34. The van der Waals surface area contributed by atoms with Crippen molar-refractivity contribution in [2.24, 2.45) is 0 Å². The zero-order valence-corrected chi connectivity index (χ0v) is 13.5. The van der Waals surface area contributed by atoms with Crippen molar-refractivity contribution in [2.45, 2.75) is 32.2 Å². The normalized spacial score (nSPS) is 17.5. The first-order valence-corrected chi connectivity index (χ1v) is 8.24. The van der Waals surface area contributed by atoms with Gasteiger partial charge >= 0.3 is 0 Å². The van der Waals surface area contributed by atoms with Gasteiger partial charge in [-0.15, -0.1) is 0 Å². The molecule has 0 saturated carbocycles. The lowest BCUT2D eigenvalue weighted by atomic mass is 10.1. The topological polar surface area (TPSA) is 45.2 Å². The lowest BCUT2D eigenvalue weighted by Gasteiger charge is -2.17. The van der Waals surface area contributed by atoms with Crippen LogP contribution in [0.5, 0.6) is 0 Å². The van der Waals surface area contributed by atoms with Crippen molar-refractivity contribution in [3.05, 3.63) is 59.9 Å². The first-order valence-electron chi connectivity index (χ1n) is 8.24. The molecule has 1 aromatic carbocycles. The maximum atomic E-state index is 12.5. The van der Waals surface area contributed by atoms with Crippen LogP contribution in [0.1, 0.15) is 24.1 Å². The average Bonchev–Trinajstić information content (AvgIpc) is 2.89. The fraction of sp³-hybridized carbons (Fsp3) is 0.368. The number of amides is 1. The highest BCUT2D eigenvalue weighted by Crippen LogP contribution is 2.18. The molecule has 1 atom stereocenters. The molecule has 4 heteroatoms. The van der Waals surface area contributed by atoms with Gasteiger partial charge < -0.3 is 10.2 Å². The van der Waals surface area contributed by atoms with Crippen LogP contribution in [-0.2, 0) is 11.2 Å². The highest BCUT2D eigenvalue weighted by atomic mass is 16.2. The Balaban J connectivity index is 1.48. The predicted octanol–water partition coefficient (Wildman–Crippen LogP) is 3.04. The minimum Gasteiger partial charge on any atom is -0.374 e. The molecule has 0 aliphatic carbocycles. The van der Waals surface area contributed by atoms with Crippen molar-refractivity contribution in [1.29, 1.82) is 0 Å². The van der Waals surface area contributed by atoms with E-state index in [9.17, 15) is 4.79 Å². The first kappa shape index (κ1) is 15.5. The fourth-order valence-electron chi connectivity index (χ4n) is 3.05. The van der Waals surface area contributed by atoms with E-state index >= 15 is 0 Å². The maximum Gasteiger partial charge on any atom is 0.245 e. The van der Waals surface area contributed by atoms with Gasteiger partial charge in [0.05, 0.1) is 0 Å². The van der Waals surface area contributed by atoms with Crippen LogP contribution in [0.3, 0.4) is 0 Å². The molecule has 1 aliphatic rings. The van der Waals surface area contributed by atoms with Gasteiger partial charge in [-0.25, -0.2) is 0 Å². The van der Waals surface area contributed by atoms with Gasteiger partial charge in [-0.3, -0.25) is 9.78 Å². The van der Waals surface area contributed by atoms with Crippen molar-refractivity contribution in [3.63, 3.8) is 0 Å². The van der Waals surface area contributed by atoms with E-state index in [0.717, 1.165) is 43.7 Å². The Bertz CT molecular complexity index is 657. The summed E-state index contributed by atoms with van der Waals surface area (Å²) in [5.74, 6) is 0.215. The van der Waals surface area contributed by atoms with Crippen LogP contribution in [-0.4, -0.2) is 34.9 Å². The third-order valence-corrected chi connectivity index (χ3v) is 4.27. The number of carbonyl (C=O) groups excluding carboxylic acids is 1. The second kappa shape index (κ2) is 7.27. The minimum absolute atomic E-state index is 0.103. The van der Waals surface area contributed by atoms with Crippen LogP contribution < -0.4 is 5.32 Å². The molecule has 1 unspecified atom stereocenters. The number of hydrogen-bond acceptors (Lipinski definition) is 3. The molecule has 0 bridgehead atoms. The average molecular weight is 309 g/mol. The zero-order chi connectivity index (χ0) is 16.1. The Morgan fingerprint density at radius 3 is 2.87 bits per heavy atom. The summed E-state index contributed by atoms with van der Waals surface area (Å²) >= 11 is 0. The summed E-state index contributed by atoms with van der Waals surface area (Å²) < 4.78 is 0. The largest absolute Gasteiger partial charge is 0.374 e. The second-order valence-corrected chi connectivity index (χ2v) is 6.09. The highest BCUT2D eigenvalue weighted by molar-refractivity contribution is 5.86. The van der Waals surface area contributed by atoms with Crippen LogP contribution in [0.15, 0.2) is 48.7 Å². The van der Waals surface area contributed by atoms with Crippen molar-refractivity contribution in [2.75, 3.05) is 18.4 Å². The number of nitrogens with zero attached hydrogens (tertiary/aromatic N) is 2. The van der Waals surface area contributed by atoms with Crippen molar-refractivity contribution >= 4 is 11.6 Å². The molecule has 3 rings (SSSR count). The molecule has 0 spiro atoms. The number of hydrogen-bond donors (Lipinski definition) is 1. The molecule has 1 N–H and O–H groups in total. The monoisotopic (exact) mass is 309 g/mol. The second-order valence-electron chi connectivity index (χ2n) is 6.09. The standard InChI is InChI=1S/C19H23N3O/c1-15-14-17(9-11-20-15)21-18-10-13-22(19(18)23)12-5-8-16-6-3-2-4-7-16/h2-4,6-7,9,11,14,18H,5,8,10,12-13H2,1H3,(H,20,21). The summed E-state index contributed by atoms with van der Waals surface area (Å²) in [6, 6.07) is 14.2. The van der Waals surface area contributed by atoms with Crippen LogP contribution >= 0.6 is 0 Å². The van der Waals surface area contributed by atoms with Crippen LogP contribution in [0, 0.1) is 6.92 Å². The number of rotatable bonds is 6. The van der Waals surface area contributed by atoms with E-state index in [1.165, 1.54) is 5.56 Å². The van der Waals surface area contributed by atoms with Gasteiger partial charge in [0, 0.05) is 30.7 Å². The number of nitrogens with one attached hydrogen (secondary N) is 1. The van der Waals surface area contributed by atoms with Gasteiger partial charge in [-0.1, -0.05) is 30.3 Å². The van der Waals surface area contributed by atoms with Crippen molar-refractivity contribution in [3.8, 4) is 0 Å². The predicted molar refractivity (Wildman–Crippen MR) is 92.3 cm³/mol. The Kier molecular flexibility index (Phi) is 4.91. The SMILES string of the molecule is Cc1cc(NC2CCN(CCCc3ccccc3)C2=O)ccn1. The molecular formula is C19H23N3O. The van der Waals surface area contributed by atoms with E-state index in [-0.39, 0.29) is 11.9 Å². The van der Waals surface area contributed by atoms with Gasteiger partial charge in [0.15, 0.2) is 0 Å². The molecule has 4 nitrogen and oxygen atoms in total. The molecular weight excluding hydrogens is 286 g/mol. The van der Waals surface area contributed by atoms with Gasteiger partial charge in [0.25, 0.3) is 0 Å². The Labute approximate surface area is 137 Å². The zero-order valence-electron chi connectivity index (χ0n) is 13.5. The van der Waals surface area contributed by atoms with Crippen LogP contribution in [0.2, 0.25) is 0 Å². The van der Waals surface area contributed by atoms with Gasteiger partial charge in [0.1, 0.15) is 6.04 Å². The molecule has 1 aromatic heterocycles. The molecule has 1 aliphatic heterocycles. The Hall–Kier alpha value is -2.36. The van der Waals surface area contributed by atoms with E-state index in [1.54, 1.807) is 6.20 Å². The fourth-order valence-corrected chi connectivity index (χ4v) is 3.05. The quantitative estimate of drug-likeness (QED) is 0.892. The van der Waals surface area contributed by atoms with E-state index in [4.69, 9.17) is 0 Å². The summed E-state index contributed by atoms with van der Waals surface area (Å²) in [6.45, 7) is 3.63. The number of benzene rings is 1. The lowest BCUT2D eigenvalue weighted by Crippen LogP contribution is -2.34. The maximum absolute atomic E-state index is 12.5. The van der Waals surface area contributed by atoms with Crippen molar-refractivity contribution in [1.82, 2.24) is 9.88 Å². The number of aromatic nitrogens is 1. The Morgan fingerprint density at radius 2 is 2.09 bits per heavy atom. The number of pyridine rings is 1. The van der Waals surface area contributed by atoms with Crippen LogP contribution in [0.4, 0.5) is 5.69 Å². The van der Waals surface area contributed by atoms with Crippen LogP contribution in [0.25, 0.3) is 0 Å². The molecule has 0 radical (unpaired) electrons. The molecule has 23 heavy (non-hydrogen) atoms. The molecule has 1 amide bonds. The van der Waals surface area contributed by atoms with Gasteiger partial charge in [-0.05, 0) is 43.9 Å². The van der Waals surface area contributed by atoms with E-state index in [1.807, 2.05) is 30.0 Å². The lowest BCUT2D eigenvalue weighted by molar-refractivity contribution is -0.128. The first-order chi connectivity index (χ1) is 11.2. The molecule has 120 valence electrons. The molecule has 1 fully saturated rings. The molecule has 2 aromatic rings.